The topological polar surface area (TPSA) is 78.8 Å². The van der Waals surface area contributed by atoms with Crippen molar-refractivity contribution in [1.29, 1.82) is 0 Å². The smallest absolute Gasteiger partial charge is 0.285 e. The number of nitrogens with one attached hydrogen (secondary N) is 1. The number of nitrogens with zero attached hydrogens (tertiary/aromatic N) is 2. The molecular weight excluding hydrogens is 386 g/mol. The van der Waals surface area contributed by atoms with Crippen LogP contribution in [0.2, 0.25) is 0 Å². The van der Waals surface area contributed by atoms with Crippen LogP contribution in [0.3, 0.4) is 0 Å². The summed E-state index contributed by atoms with van der Waals surface area (Å²) in [6.07, 6.45) is 4.55. The van der Waals surface area contributed by atoms with E-state index >= 15 is 0 Å². The minimum absolute atomic E-state index is 0.0106. The van der Waals surface area contributed by atoms with Crippen molar-refractivity contribution in [3.8, 4) is 0 Å². The molecule has 3 aliphatic rings. The van der Waals surface area contributed by atoms with Crippen LogP contribution in [0.1, 0.15) is 48.4 Å². The van der Waals surface area contributed by atoms with E-state index in [0.717, 1.165) is 25.7 Å². The molecule has 6 nitrogen and oxygen atoms in total. The average molecular weight is 410 g/mol. The number of aryl methyl sites for hydroxylation is 1. The van der Waals surface area contributed by atoms with Gasteiger partial charge in [0.25, 0.3) is 10.0 Å². The predicted molar refractivity (Wildman–Crippen MR) is 110 cm³/mol. The summed E-state index contributed by atoms with van der Waals surface area (Å²) in [4.78, 5) is 15.3. The highest BCUT2D eigenvalue weighted by Crippen LogP contribution is 2.33. The van der Waals surface area contributed by atoms with E-state index in [1.807, 2.05) is 17.0 Å². The molecule has 2 atom stereocenters. The quantitative estimate of drug-likeness (QED) is 0.827. The fourth-order valence-electron chi connectivity index (χ4n) is 4.76. The van der Waals surface area contributed by atoms with Crippen molar-refractivity contribution >= 4 is 21.8 Å². The van der Waals surface area contributed by atoms with Crippen molar-refractivity contribution in [3.05, 3.63) is 65.2 Å². The Labute approximate surface area is 170 Å². The first-order chi connectivity index (χ1) is 14.0. The van der Waals surface area contributed by atoms with Crippen molar-refractivity contribution < 1.29 is 13.2 Å². The first kappa shape index (κ1) is 18.4. The zero-order chi connectivity index (χ0) is 20.0. The lowest BCUT2D eigenvalue weighted by molar-refractivity contribution is -0.125. The van der Waals surface area contributed by atoms with Gasteiger partial charge in [-0.25, -0.2) is 0 Å². The molecule has 5 rings (SSSR count). The van der Waals surface area contributed by atoms with Gasteiger partial charge < -0.3 is 10.2 Å². The highest BCUT2D eigenvalue weighted by molar-refractivity contribution is 7.90. The summed E-state index contributed by atoms with van der Waals surface area (Å²) in [5.41, 5.74) is 3.09. The maximum absolute atomic E-state index is 13.2. The molecule has 0 aromatic heterocycles. The molecule has 0 radical (unpaired) electrons. The Morgan fingerprint density at radius 3 is 2.72 bits per heavy atom. The van der Waals surface area contributed by atoms with Crippen LogP contribution in [-0.4, -0.2) is 37.6 Å². The monoisotopic (exact) mass is 409 g/mol. The normalized spacial score (nSPS) is 24.6. The number of rotatable bonds is 2. The van der Waals surface area contributed by atoms with Crippen LogP contribution in [0, 0.1) is 0 Å². The second kappa shape index (κ2) is 6.99. The Morgan fingerprint density at radius 1 is 1.03 bits per heavy atom. The molecule has 2 aromatic carbocycles. The molecule has 2 heterocycles. The molecular formula is C22H23N3O3S. The lowest BCUT2D eigenvalue weighted by Crippen LogP contribution is -2.47. The van der Waals surface area contributed by atoms with Crippen LogP contribution in [-0.2, 0) is 21.2 Å². The molecule has 1 aliphatic carbocycles. The van der Waals surface area contributed by atoms with Crippen LogP contribution >= 0.6 is 0 Å². The number of carbonyl (C=O) groups is 1. The summed E-state index contributed by atoms with van der Waals surface area (Å²) >= 11 is 0. The number of fused-ring (bicyclic) bond motifs is 2. The first-order valence-electron chi connectivity index (χ1n) is 10.1. The summed E-state index contributed by atoms with van der Waals surface area (Å²) in [6.45, 7) is 0.627. The number of benzene rings is 2. The third-order valence-corrected chi connectivity index (χ3v) is 7.45. The highest BCUT2D eigenvalue weighted by atomic mass is 32.2. The minimum Gasteiger partial charge on any atom is -0.347 e. The maximum Gasteiger partial charge on any atom is 0.285 e. The second-order valence-electron chi connectivity index (χ2n) is 7.89. The van der Waals surface area contributed by atoms with Gasteiger partial charge in [-0.2, -0.15) is 8.42 Å². The Hall–Kier alpha value is -2.67. The van der Waals surface area contributed by atoms with E-state index in [1.165, 1.54) is 11.1 Å². The van der Waals surface area contributed by atoms with Gasteiger partial charge in [-0.05, 0) is 55.4 Å². The molecule has 29 heavy (non-hydrogen) atoms. The first-order valence-corrected chi connectivity index (χ1v) is 11.6. The summed E-state index contributed by atoms with van der Waals surface area (Å²) in [5, 5.41) is 3.23. The number of carbonyl (C=O) groups excluding carboxylic acids is 1. The largest absolute Gasteiger partial charge is 0.347 e. The van der Waals surface area contributed by atoms with Crippen LogP contribution in [0.4, 0.5) is 0 Å². The average Bonchev–Trinajstić information content (AvgIpc) is 3.31. The highest BCUT2D eigenvalue weighted by Gasteiger charge is 2.39. The van der Waals surface area contributed by atoms with E-state index in [1.54, 1.807) is 24.3 Å². The molecule has 2 aliphatic heterocycles. The fourth-order valence-corrected chi connectivity index (χ4v) is 5.98. The molecule has 1 N–H and O–H groups in total. The van der Waals surface area contributed by atoms with Gasteiger partial charge in [0.2, 0.25) is 5.91 Å². The van der Waals surface area contributed by atoms with E-state index < -0.39 is 16.1 Å². The van der Waals surface area contributed by atoms with Crippen molar-refractivity contribution in [1.82, 2.24) is 10.2 Å². The van der Waals surface area contributed by atoms with Crippen LogP contribution in [0.5, 0.6) is 0 Å². The van der Waals surface area contributed by atoms with Crippen LogP contribution in [0.15, 0.2) is 57.8 Å². The molecule has 0 bridgehead atoms. The second-order valence-corrected chi connectivity index (χ2v) is 9.46. The van der Waals surface area contributed by atoms with E-state index in [9.17, 15) is 13.2 Å². The van der Waals surface area contributed by atoms with Crippen LogP contribution < -0.4 is 5.32 Å². The van der Waals surface area contributed by atoms with Crippen LogP contribution in [0.25, 0.3) is 0 Å². The molecule has 150 valence electrons. The Morgan fingerprint density at radius 2 is 1.83 bits per heavy atom. The van der Waals surface area contributed by atoms with E-state index in [2.05, 4.69) is 21.8 Å². The van der Waals surface area contributed by atoms with Crippen molar-refractivity contribution in [2.24, 2.45) is 4.40 Å². The number of likely N-dealkylation sites (tertiary alicyclic amines) is 1. The fraction of sp³-hybridized carbons (Fsp3) is 0.364. The van der Waals surface area contributed by atoms with Gasteiger partial charge in [0, 0.05) is 12.1 Å². The van der Waals surface area contributed by atoms with Gasteiger partial charge in [-0.3, -0.25) is 4.79 Å². The van der Waals surface area contributed by atoms with Gasteiger partial charge >= 0.3 is 0 Å². The number of hydrogen-bond acceptors (Lipinski definition) is 4. The van der Waals surface area contributed by atoms with Gasteiger partial charge in [0.1, 0.15) is 10.9 Å². The molecule has 0 saturated carbocycles. The number of sulfonamides is 1. The Bertz CT molecular complexity index is 1110. The Balaban J connectivity index is 1.41. The number of amides is 1. The number of hydrogen-bond donors (Lipinski definition) is 1. The van der Waals surface area contributed by atoms with Gasteiger partial charge in [0.05, 0.1) is 6.04 Å². The SMILES string of the molecule is O=C(N[C@H]1CCCc2ccccc21)[C@@H]1CCCN1C1=NS(=O)(=O)c2ccccc21. The molecule has 1 fully saturated rings. The summed E-state index contributed by atoms with van der Waals surface area (Å²) in [5.74, 6) is 0.357. The lowest BCUT2D eigenvalue weighted by Gasteiger charge is -2.30. The van der Waals surface area contributed by atoms with Gasteiger partial charge in [0.15, 0.2) is 5.84 Å². The summed E-state index contributed by atoms with van der Waals surface area (Å²) in [7, 11) is -3.69. The predicted octanol–water partition coefficient (Wildman–Crippen LogP) is 2.79. The molecule has 7 heteroatoms. The number of amidine groups is 1. The van der Waals surface area contributed by atoms with Crippen molar-refractivity contribution in [2.75, 3.05) is 6.54 Å². The van der Waals surface area contributed by atoms with Gasteiger partial charge in [-0.1, -0.05) is 36.4 Å². The molecule has 1 amide bonds. The van der Waals surface area contributed by atoms with E-state index in [0.29, 0.717) is 24.4 Å². The van der Waals surface area contributed by atoms with Gasteiger partial charge in [-0.15, -0.1) is 4.40 Å². The van der Waals surface area contributed by atoms with E-state index in [-0.39, 0.29) is 16.8 Å². The summed E-state index contributed by atoms with van der Waals surface area (Å²) < 4.78 is 28.9. The third-order valence-electron chi connectivity index (χ3n) is 6.13. The molecule has 0 spiro atoms. The third kappa shape index (κ3) is 3.13. The molecule has 1 saturated heterocycles. The van der Waals surface area contributed by atoms with E-state index in [4.69, 9.17) is 0 Å². The van der Waals surface area contributed by atoms with Crippen molar-refractivity contribution in [3.63, 3.8) is 0 Å². The lowest BCUT2D eigenvalue weighted by atomic mass is 9.87. The maximum atomic E-state index is 13.2. The Kier molecular flexibility index (Phi) is 4.42. The zero-order valence-electron chi connectivity index (χ0n) is 16.0. The standard InChI is InChI=1S/C22H23N3O3S/c26-22(23-18-11-5-8-15-7-1-2-9-16(15)18)19-12-6-14-25(19)21-17-10-3-4-13-20(17)29(27,28)24-21/h1-4,7,9-10,13,18-19H,5-6,8,11-12,14H2,(H,23,26)/t18-,19-/m0/s1. The molecule has 0 unspecified atom stereocenters. The van der Waals surface area contributed by atoms with Crippen molar-refractivity contribution in [2.45, 2.75) is 49.1 Å². The minimum atomic E-state index is -3.69. The summed E-state index contributed by atoms with van der Waals surface area (Å²) in [6, 6.07) is 14.7. The zero-order valence-corrected chi connectivity index (χ0v) is 16.9. The molecule has 2 aromatic rings.